The molecule has 2 N–H and O–H groups in total. The Hall–Kier alpha value is -0.990. The molecule has 0 saturated carbocycles. The first-order valence-corrected chi connectivity index (χ1v) is 4.49. The topological polar surface area (TPSA) is 49.3 Å². The molecule has 0 saturated heterocycles. The quantitative estimate of drug-likeness (QED) is 0.662. The van der Waals surface area contributed by atoms with Gasteiger partial charge in [-0.2, -0.15) is 0 Å². The summed E-state index contributed by atoms with van der Waals surface area (Å²) in [7, 11) is 0. The van der Waals surface area contributed by atoms with Gasteiger partial charge < -0.3 is 10.4 Å². The predicted octanol–water partition coefficient (Wildman–Crippen LogP) is 2.14. The lowest BCUT2D eigenvalue weighted by molar-refractivity contribution is -0.132. The van der Waals surface area contributed by atoms with E-state index in [1.165, 1.54) is 0 Å². The molecule has 0 aliphatic rings. The van der Waals surface area contributed by atoms with Gasteiger partial charge in [-0.05, 0) is 34.1 Å². The molecule has 0 aromatic heterocycles. The van der Waals surface area contributed by atoms with Crippen molar-refractivity contribution in [2.45, 2.75) is 46.6 Å². The van der Waals surface area contributed by atoms with Crippen LogP contribution in [-0.2, 0) is 4.79 Å². The first-order chi connectivity index (χ1) is 5.78. The smallest absolute Gasteiger partial charge is 0.333 e. The van der Waals surface area contributed by atoms with Crippen LogP contribution in [0.1, 0.15) is 41.0 Å². The fraction of sp³-hybridized carbons (Fsp3) is 0.700. The molecule has 0 fully saturated rings. The molecule has 0 heterocycles. The molecule has 0 amide bonds. The summed E-state index contributed by atoms with van der Waals surface area (Å²) in [5.41, 5.74) is 1.12. The van der Waals surface area contributed by atoms with Gasteiger partial charge >= 0.3 is 5.97 Å². The third-order valence-electron chi connectivity index (χ3n) is 1.65. The van der Waals surface area contributed by atoms with Gasteiger partial charge in [0.25, 0.3) is 0 Å². The Kier molecular flexibility index (Phi) is 3.98. The number of carbonyl (C=O) groups is 1. The zero-order chi connectivity index (χ0) is 10.6. The molecule has 3 heteroatoms. The van der Waals surface area contributed by atoms with Crippen molar-refractivity contribution >= 4 is 5.97 Å². The lowest BCUT2D eigenvalue weighted by atomic mass is 10.1. The second kappa shape index (κ2) is 4.30. The molecule has 0 rings (SSSR count). The Morgan fingerprint density at radius 2 is 1.85 bits per heavy atom. The monoisotopic (exact) mass is 185 g/mol. The number of carboxylic acid groups (broad SMARTS) is 1. The summed E-state index contributed by atoms with van der Waals surface area (Å²) >= 11 is 0. The normalized spacial score (nSPS) is 13.6. The summed E-state index contributed by atoms with van der Waals surface area (Å²) < 4.78 is 0. The molecule has 76 valence electrons. The number of hydrogen-bond acceptors (Lipinski definition) is 2. The Morgan fingerprint density at radius 3 is 2.08 bits per heavy atom. The maximum absolute atomic E-state index is 10.7. The number of carboxylic acids is 1. The van der Waals surface area contributed by atoms with Crippen molar-refractivity contribution in [2.75, 3.05) is 0 Å². The maximum atomic E-state index is 10.7. The van der Waals surface area contributed by atoms with Crippen LogP contribution in [-0.4, -0.2) is 16.6 Å². The number of allylic oxidation sites excluding steroid dienone is 1. The summed E-state index contributed by atoms with van der Waals surface area (Å²) in [5.74, 6) is -0.853. The summed E-state index contributed by atoms with van der Waals surface area (Å²) in [6.07, 6.45) is 0.718. The molecule has 0 radical (unpaired) electrons. The summed E-state index contributed by atoms with van der Waals surface area (Å²) in [5, 5.41) is 12.0. The van der Waals surface area contributed by atoms with Crippen molar-refractivity contribution in [3.8, 4) is 0 Å². The van der Waals surface area contributed by atoms with Crippen LogP contribution in [0.4, 0.5) is 0 Å². The van der Waals surface area contributed by atoms with E-state index < -0.39 is 5.97 Å². The van der Waals surface area contributed by atoms with Gasteiger partial charge in [0.15, 0.2) is 0 Å². The van der Waals surface area contributed by atoms with Crippen molar-refractivity contribution in [3.05, 3.63) is 11.3 Å². The number of hydrogen-bond donors (Lipinski definition) is 2. The SMILES string of the molecule is CC/C(NC(C)(C)C)=C(/C)C(=O)O. The minimum Gasteiger partial charge on any atom is -0.478 e. The third kappa shape index (κ3) is 4.55. The molecule has 0 atom stereocenters. The number of rotatable bonds is 3. The van der Waals surface area contributed by atoms with E-state index in [4.69, 9.17) is 5.11 Å². The van der Waals surface area contributed by atoms with Gasteiger partial charge in [-0.3, -0.25) is 0 Å². The van der Waals surface area contributed by atoms with E-state index in [-0.39, 0.29) is 5.54 Å². The van der Waals surface area contributed by atoms with Crippen LogP contribution in [0.3, 0.4) is 0 Å². The minimum absolute atomic E-state index is 0.0813. The molecule has 0 bridgehead atoms. The molecule has 0 aromatic rings. The van der Waals surface area contributed by atoms with Crippen LogP contribution < -0.4 is 5.32 Å². The Bertz CT molecular complexity index is 224. The highest BCUT2D eigenvalue weighted by atomic mass is 16.4. The largest absolute Gasteiger partial charge is 0.478 e. The second-order valence-corrected chi connectivity index (χ2v) is 4.14. The molecular weight excluding hydrogens is 166 g/mol. The maximum Gasteiger partial charge on any atom is 0.333 e. The lowest BCUT2D eigenvalue weighted by Gasteiger charge is -2.24. The van der Waals surface area contributed by atoms with E-state index in [1.807, 2.05) is 27.7 Å². The number of nitrogens with one attached hydrogen (secondary N) is 1. The van der Waals surface area contributed by atoms with E-state index >= 15 is 0 Å². The van der Waals surface area contributed by atoms with Crippen molar-refractivity contribution in [2.24, 2.45) is 0 Å². The van der Waals surface area contributed by atoms with Crippen molar-refractivity contribution < 1.29 is 9.90 Å². The summed E-state index contributed by atoms with van der Waals surface area (Å²) in [6, 6.07) is 0. The fourth-order valence-corrected chi connectivity index (χ4v) is 1.03. The van der Waals surface area contributed by atoms with Gasteiger partial charge in [0.2, 0.25) is 0 Å². The average Bonchev–Trinajstić information content (AvgIpc) is 1.97. The van der Waals surface area contributed by atoms with Gasteiger partial charge in [0.05, 0.1) is 5.57 Å². The first kappa shape index (κ1) is 12.0. The lowest BCUT2D eigenvalue weighted by Crippen LogP contribution is -2.36. The second-order valence-electron chi connectivity index (χ2n) is 4.14. The molecule has 0 aromatic carbocycles. The Balaban J connectivity index is 4.70. The van der Waals surface area contributed by atoms with Gasteiger partial charge in [-0.15, -0.1) is 0 Å². The van der Waals surface area contributed by atoms with Crippen LogP contribution in [0.15, 0.2) is 11.3 Å². The van der Waals surface area contributed by atoms with Gasteiger partial charge in [-0.1, -0.05) is 6.92 Å². The van der Waals surface area contributed by atoms with Crippen molar-refractivity contribution in [3.63, 3.8) is 0 Å². The van der Waals surface area contributed by atoms with Gasteiger partial charge in [0, 0.05) is 11.2 Å². The summed E-state index contributed by atoms with van der Waals surface area (Å²) in [4.78, 5) is 10.7. The molecule has 13 heavy (non-hydrogen) atoms. The molecular formula is C10H19NO2. The average molecular weight is 185 g/mol. The zero-order valence-electron chi connectivity index (χ0n) is 9.06. The highest BCUT2D eigenvalue weighted by Crippen LogP contribution is 2.11. The molecule has 3 nitrogen and oxygen atoms in total. The highest BCUT2D eigenvalue weighted by molar-refractivity contribution is 5.86. The minimum atomic E-state index is -0.853. The van der Waals surface area contributed by atoms with Crippen LogP contribution >= 0.6 is 0 Å². The van der Waals surface area contributed by atoms with E-state index in [0.717, 1.165) is 12.1 Å². The zero-order valence-corrected chi connectivity index (χ0v) is 9.06. The van der Waals surface area contributed by atoms with Crippen molar-refractivity contribution in [1.82, 2.24) is 5.32 Å². The third-order valence-corrected chi connectivity index (χ3v) is 1.65. The molecule has 0 aliphatic carbocycles. The van der Waals surface area contributed by atoms with E-state index in [2.05, 4.69) is 5.32 Å². The van der Waals surface area contributed by atoms with Crippen LogP contribution in [0.25, 0.3) is 0 Å². The summed E-state index contributed by atoms with van der Waals surface area (Å²) in [6.45, 7) is 9.60. The van der Waals surface area contributed by atoms with Gasteiger partial charge in [0.1, 0.15) is 0 Å². The van der Waals surface area contributed by atoms with Crippen molar-refractivity contribution in [1.29, 1.82) is 0 Å². The van der Waals surface area contributed by atoms with Crippen LogP contribution in [0, 0.1) is 0 Å². The van der Waals surface area contributed by atoms with Crippen LogP contribution in [0.2, 0.25) is 0 Å². The highest BCUT2D eigenvalue weighted by Gasteiger charge is 2.14. The molecule has 0 unspecified atom stereocenters. The molecule has 0 spiro atoms. The van der Waals surface area contributed by atoms with E-state index in [1.54, 1.807) is 6.92 Å². The van der Waals surface area contributed by atoms with Crippen LogP contribution in [0.5, 0.6) is 0 Å². The standard InChI is InChI=1S/C10H19NO2/c1-6-8(7(2)9(12)13)11-10(3,4)5/h11H,6H2,1-5H3,(H,12,13)/b8-7+. The van der Waals surface area contributed by atoms with Gasteiger partial charge in [-0.25, -0.2) is 4.79 Å². The van der Waals surface area contributed by atoms with E-state index in [0.29, 0.717) is 5.57 Å². The first-order valence-electron chi connectivity index (χ1n) is 4.49. The Morgan fingerprint density at radius 1 is 1.38 bits per heavy atom. The fourth-order valence-electron chi connectivity index (χ4n) is 1.03. The van der Waals surface area contributed by atoms with E-state index in [9.17, 15) is 4.79 Å². The predicted molar refractivity (Wildman–Crippen MR) is 53.5 cm³/mol. The Labute approximate surface area is 79.8 Å². The number of aliphatic carboxylic acids is 1. The molecule has 0 aliphatic heterocycles.